The molecule has 0 atom stereocenters. The normalized spacial score (nSPS) is 15.5. The van der Waals surface area contributed by atoms with Crippen molar-refractivity contribution in [3.05, 3.63) is 60.7 Å². The Labute approximate surface area is 197 Å². The Balaban J connectivity index is 1.29. The van der Waals surface area contributed by atoms with Crippen LogP contribution in [0.4, 0.5) is 5.82 Å². The standard InChI is InChI=1S/C25H25N7O2/c1-16(2)31-14-26-29-24(31)21-4-3-5-23(28-21)32-15-34-22-9-8-18(10-20(22)25(32)33)19-11-27-30(13-19)12-17-6-7-17/h3-5,8-11,13-14,16-17H,6-7,12,15H2,1-2H3/p+1. The fourth-order valence-corrected chi connectivity index (χ4v) is 4.25. The van der Waals surface area contributed by atoms with Gasteiger partial charge in [-0.1, -0.05) is 12.1 Å². The van der Waals surface area contributed by atoms with Crippen molar-refractivity contribution in [2.75, 3.05) is 11.6 Å². The maximum Gasteiger partial charge on any atom is 0.265 e. The number of fused-ring (bicyclic) bond motifs is 1. The van der Waals surface area contributed by atoms with Crippen LogP contribution in [0, 0.1) is 5.92 Å². The molecule has 34 heavy (non-hydrogen) atoms. The van der Waals surface area contributed by atoms with E-state index in [1.54, 1.807) is 11.2 Å². The molecule has 172 valence electrons. The molecule has 6 rings (SSSR count). The largest absolute Gasteiger partial charge is 0.472 e. The van der Waals surface area contributed by atoms with Crippen LogP contribution < -0.4 is 14.3 Å². The van der Waals surface area contributed by atoms with Crippen LogP contribution >= 0.6 is 0 Å². The number of H-pyrrole nitrogens is 1. The van der Waals surface area contributed by atoms with Crippen molar-refractivity contribution in [2.24, 2.45) is 5.92 Å². The zero-order valence-electron chi connectivity index (χ0n) is 19.2. The number of nitrogens with zero attached hydrogens (tertiary/aromatic N) is 6. The molecule has 4 heterocycles. The minimum atomic E-state index is -0.139. The maximum absolute atomic E-state index is 13.5. The van der Waals surface area contributed by atoms with Crippen molar-refractivity contribution in [3.63, 3.8) is 0 Å². The predicted octanol–water partition coefficient (Wildman–Crippen LogP) is 3.61. The van der Waals surface area contributed by atoms with Crippen molar-refractivity contribution >= 4 is 11.7 Å². The summed E-state index contributed by atoms with van der Waals surface area (Å²) >= 11 is 0. The zero-order chi connectivity index (χ0) is 23.2. The minimum Gasteiger partial charge on any atom is -0.472 e. The summed E-state index contributed by atoms with van der Waals surface area (Å²) in [5, 5.41) is 11.6. The molecule has 9 nitrogen and oxygen atoms in total. The van der Waals surface area contributed by atoms with Gasteiger partial charge < -0.3 is 9.30 Å². The number of benzene rings is 1. The monoisotopic (exact) mass is 456 g/mol. The summed E-state index contributed by atoms with van der Waals surface area (Å²) in [6, 6.07) is 11.5. The molecule has 1 fully saturated rings. The molecule has 3 aromatic heterocycles. The highest BCUT2D eigenvalue weighted by molar-refractivity contribution is 6.09. The zero-order valence-corrected chi connectivity index (χ0v) is 19.2. The SMILES string of the molecule is CC(C)n1cnnc1-c1cccc(N2COc3ccc(-c4c[nH][n+](CC5CC5)c4)cc3C2=O)n1. The molecular formula is C25H26N7O2+. The first-order valence-corrected chi connectivity index (χ1v) is 11.6. The van der Waals surface area contributed by atoms with Gasteiger partial charge in [0, 0.05) is 12.0 Å². The molecule has 1 aromatic carbocycles. The number of carbonyl (C=O) groups is 1. The Morgan fingerprint density at radius 2 is 2.09 bits per heavy atom. The van der Waals surface area contributed by atoms with Crippen molar-refractivity contribution in [1.82, 2.24) is 24.8 Å². The van der Waals surface area contributed by atoms with Gasteiger partial charge in [0.1, 0.15) is 23.6 Å². The Bertz CT molecular complexity index is 1370. The molecule has 0 radical (unpaired) electrons. The summed E-state index contributed by atoms with van der Waals surface area (Å²) < 4.78 is 10.00. The van der Waals surface area contributed by atoms with Gasteiger partial charge in [-0.25, -0.2) is 4.98 Å². The molecule has 1 saturated carbocycles. The first-order chi connectivity index (χ1) is 16.6. The molecule has 2 aliphatic rings. The van der Waals surface area contributed by atoms with Gasteiger partial charge in [0.15, 0.2) is 19.1 Å². The van der Waals surface area contributed by atoms with Crippen LogP contribution in [-0.4, -0.2) is 37.5 Å². The molecule has 0 bridgehead atoms. The number of carbonyl (C=O) groups excluding carboxylic acids is 1. The summed E-state index contributed by atoms with van der Waals surface area (Å²) in [5.41, 5.74) is 3.19. The van der Waals surface area contributed by atoms with E-state index in [1.807, 2.05) is 47.2 Å². The summed E-state index contributed by atoms with van der Waals surface area (Å²) in [7, 11) is 0. The second-order valence-electron chi connectivity index (χ2n) is 9.21. The van der Waals surface area contributed by atoms with Gasteiger partial charge in [0.05, 0.1) is 17.3 Å². The third kappa shape index (κ3) is 3.72. The van der Waals surface area contributed by atoms with Gasteiger partial charge in [-0.15, -0.1) is 14.9 Å². The second-order valence-corrected chi connectivity index (χ2v) is 9.21. The third-order valence-corrected chi connectivity index (χ3v) is 6.34. The van der Waals surface area contributed by atoms with Crippen LogP contribution in [0.25, 0.3) is 22.6 Å². The van der Waals surface area contributed by atoms with Gasteiger partial charge >= 0.3 is 0 Å². The van der Waals surface area contributed by atoms with Crippen LogP contribution in [0.2, 0.25) is 0 Å². The van der Waals surface area contributed by atoms with Gasteiger partial charge in [0.25, 0.3) is 5.91 Å². The number of pyridine rings is 1. The van der Waals surface area contributed by atoms with Crippen molar-refractivity contribution in [3.8, 4) is 28.4 Å². The fourth-order valence-electron chi connectivity index (χ4n) is 4.25. The van der Waals surface area contributed by atoms with E-state index < -0.39 is 0 Å². The van der Waals surface area contributed by atoms with Crippen molar-refractivity contribution in [1.29, 1.82) is 0 Å². The number of ether oxygens (including phenoxy) is 1. The van der Waals surface area contributed by atoms with Crippen molar-refractivity contribution < 1.29 is 14.2 Å². The van der Waals surface area contributed by atoms with E-state index in [1.165, 1.54) is 12.8 Å². The molecule has 0 saturated heterocycles. The summed E-state index contributed by atoms with van der Waals surface area (Å²) in [6.07, 6.45) is 8.37. The predicted molar refractivity (Wildman–Crippen MR) is 125 cm³/mol. The van der Waals surface area contributed by atoms with Crippen molar-refractivity contribution in [2.45, 2.75) is 39.3 Å². The highest BCUT2D eigenvalue weighted by atomic mass is 16.5. The third-order valence-electron chi connectivity index (χ3n) is 6.34. The number of amides is 1. The van der Waals surface area contributed by atoms with Gasteiger partial charge in [-0.2, -0.15) is 5.10 Å². The summed E-state index contributed by atoms with van der Waals surface area (Å²) in [4.78, 5) is 19.8. The maximum atomic E-state index is 13.5. The molecule has 1 aliphatic carbocycles. The molecule has 1 amide bonds. The lowest BCUT2D eigenvalue weighted by molar-refractivity contribution is -0.752. The number of rotatable bonds is 6. The Morgan fingerprint density at radius 3 is 2.91 bits per heavy atom. The highest BCUT2D eigenvalue weighted by Gasteiger charge is 2.30. The van der Waals surface area contributed by atoms with E-state index in [9.17, 15) is 4.79 Å². The Kier molecular flexibility index (Phi) is 4.90. The van der Waals surface area contributed by atoms with E-state index in [-0.39, 0.29) is 18.7 Å². The van der Waals surface area contributed by atoms with E-state index in [4.69, 9.17) is 9.72 Å². The molecule has 1 aliphatic heterocycles. The average molecular weight is 457 g/mol. The number of hydrogen-bond donors (Lipinski definition) is 1. The number of hydrogen-bond acceptors (Lipinski definition) is 5. The lowest BCUT2D eigenvalue weighted by Gasteiger charge is -2.28. The molecule has 0 spiro atoms. The highest BCUT2D eigenvalue weighted by Crippen LogP contribution is 2.33. The first-order valence-electron chi connectivity index (χ1n) is 11.6. The quantitative estimate of drug-likeness (QED) is 0.448. The van der Waals surface area contributed by atoms with Gasteiger partial charge in [-0.3, -0.25) is 9.69 Å². The summed E-state index contributed by atoms with van der Waals surface area (Å²) in [6.45, 7) is 5.23. The number of anilines is 1. The number of aromatic amines is 1. The van der Waals surface area contributed by atoms with E-state index in [0.717, 1.165) is 23.6 Å². The smallest absolute Gasteiger partial charge is 0.265 e. The van der Waals surface area contributed by atoms with Crippen LogP contribution in [0.3, 0.4) is 0 Å². The number of aromatic nitrogens is 6. The lowest BCUT2D eigenvalue weighted by Crippen LogP contribution is -2.39. The minimum absolute atomic E-state index is 0.101. The number of nitrogens with one attached hydrogen (secondary N) is 1. The van der Waals surface area contributed by atoms with E-state index >= 15 is 0 Å². The van der Waals surface area contributed by atoms with E-state index in [0.29, 0.717) is 28.6 Å². The van der Waals surface area contributed by atoms with Gasteiger partial charge in [0.2, 0.25) is 6.20 Å². The van der Waals surface area contributed by atoms with Crippen LogP contribution in [0.1, 0.15) is 43.1 Å². The molecule has 9 heteroatoms. The second kappa shape index (κ2) is 8.09. The molecular weight excluding hydrogens is 430 g/mol. The van der Waals surface area contributed by atoms with Crippen LogP contribution in [-0.2, 0) is 6.54 Å². The van der Waals surface area contributed by atoms with Crippen LogP contribution in [0.5, 0.6) is 5.75 Å². The fraction of sp³-hybridized carbons (Fsp3) is 0.320. The lowest BCUT2D eigenvalue weighted by atomic mass is 10.0. The summed E-state index contributed by atoms with van der Waals surface area (Å²) in [5.74, 6) is 2.40. The molecule has 1 N–H and O–H groups in total. The first kappa shape index (κ1) is 20.6. The van der Waals surface area contributed by atoms with Crippen LogP contribution in [0.15, 0.2) is 55.1 Å². The molecule has 4 aromatic rings. The Hall–Kier alpha value is -4.01. The van der Waals surface area contributed by atoms with E-state index in [2.05, 4.69) is 40.0 Å². The topological polar surface area (TPSA) is 92.8 Å². The molecule has 0 unspecified atom stereocenters. The Morgan fingerprint density at radius 1 is 1.21 bits per heavy atom. The van der Waals surface area contributed by atoms with Gasteiger partial charge in [-0.05, 0) is 56.5 Å². The average Bonchev–Trinajstić information content (AvgIpc) is 3.31.